The standard InChI is InChI=1S/C19H17ClF4N4O/c1-17(22)8-19(23,24)18(2,28-16(17)26)12-5-9(3-4-13(12)21)11-6-10(20)7-27-14(11)15(25)29/h3-7H,8H2,1-2H3,(H2,25,29)(H2,26,28). The number of halogens is 5. The summed E-state index contributed by atoms with van der Waals surface area (Å²) in [6, 6.07) is 4.63. The van der Waals surface area contributed by atoms with Crippen molar-refractivity contribution in [1.82, 2.24) is 4.98 Å². The van der Waals surface area contributed by atoms with Gasteiger partial charge in [0.15, 0.2) is 11.2 Å². The van der Waals surface area contributed by atoms with Crippen LogP contribution in [0.5, 0.6) is 0 Å². The molecule has 154 valence electrons. The van der Waals surface area contributed by atoms with Gasteiger partial charge in [-0.2, -0.15) is 0 Å². The fraction of sp³-hybridized carbons (Fsp3) is 0.316. The van der Waals surface area contributed by atoms with Gasteiger partial charge in [0.25, 0.3) is 11.8 Å². The van der Waals surface area contributed by atoms with E-state index in [0.717, 1.165) is 26.0 Å². The summed E-state index contributed by atoms with van der Waals surface area (Å²) in [5, 5.41) is 0.153. The molecule has 2 aromatic rings. The molecule has 0 bridgehead atoms. The second-order valence-electron chi connectivity index (χ2n) is 7.26. The average Bonchev–Trinajstić information content (AvgIpc) is 2.59. The van der Waals surface area contributed by atoms with Gasteiger partial charge in [-0.25, -0.2) is 22.5 Å². The highest BCUT2D eigenvalue weighted by atomic mass is 35.5. The van der Waals surface area contributed by atoms with Gasteiger partial charge >= 0.3 is 0 Å². The molecule has 3 rings (SSSR count). The molecule has 0 fully saturated rings. The van der Waals surface area contributed by atoms with Crippen LogP contribution in [0.2, 0.25) is 5.02 Å². The molecule has 1 aliphatic rings. The van der Waals surface area contributed by atoms with Crippen LogP contribution in [0.1, 0.15) is 36.3 Å². The molecule has 10 heteroatoms. The summed E-state index contributed by atoms with van der Waals surface area (Å²) in [4.78, 5) is 19.2. The summed E-state index contributed by atoms with van der Waals surface area (Å²) in [7, 11) is 0. The van der Waals surface area contributed by atoms with Crippen LogP contribution in [0, 0.1) is 5.82 Å². The monoisotopic (exact) mass is 428 g/mol. The third kappa shape index (κ3) is 3.43. The number of carbonyl (C=O) groups is 1. The number of aromatic nitrogens is 1. The van der Waals surface area contributed by atoms with Crippen LogP contribution in [0.3, 0.4) is 0 Å². The number of aliphatic imine (C=N–C) groups is 1. The quantitative estimate of drug-likeness (QED) is 0.724. The number of alkyl halides is 3. The third-order valence-electron chi connectivity index (χ3n) is 5.03. The number of hydrogen-bond donors (Lipinski definition) is 2. The fourth-order valence-electron chi connectivity index (χ4n) is 3.30. The summed E-state index contributed by atoms with van der Waals surface area (Å²) >= 11 is 5.93. The van der Waals surface area contributed by atoms with E-state index in [0.29, 0.717) is 0 Å². The average molecular weight is 429 g/mol. The van der Waals surface area contributed by atoms with Gasteiger partial charge in [-0.15, -0.1) is 0 Å². The Labute approximate surface area is 168 Å². The summed E-state index contributed by atoms with van der Waals surface area (Å²) in [6.07, 6.45) is -0.0694. The van der Waals surface area contributed by atoms with Crippen molar-refractivity contribution < 1.29 is 22.4 Å². The van der Waals surface area contributed by atoms with Gasteiger partial charge in [-0.3, -0.25) is 9.79 Å². The Morgan fingerprint density at radius 3 is 2.48 bits per heavy atom. The predicted molar refractivity (Wildman–Crippen MR) is 101 cm³/mol. The van der Waals surface area contributed by atoms with Gasteiger partial charge in [-0.1, -0.05) is 17.7 Å². The van der Waals surface area contributed by atoms with Crippen LogP contribution in [0.15, 0.2) is 35.5 Å². The maximum absolute atomic E-state index is 14.9. The van der Waals surface area contributed by atoms with Gasteiger partial charge in [0.05, 0.1) is 11.4 Å². The normalized spacial score (nSPS) is 26.1. The van der Waals surface area contributed by atoms with E-state index < -0.39 is 46.7 Å². The van der Waals surface area contributed by atoms with E-state index in [1.54, 1.807) is 0 Å². The first-order valence-corrected chi connectivity index (χ1v) is 8.84. The molecule has 1 aliphatic heterocycles. The smallest absolute Gasteiger partial charge is 0.280 e. The lowest BCUT2D eigenvalue weighted by molar-refractivity contribution is -0.106. The molecule has 0 saturated heterocycles. The third-order valence-corrected chi connectivity index (χ3v) is 5.24. The zero-order valence-electron chi connectivity index (χ0n) is 15.4. The van der Waals surface area contributed by atoms with Crippen LogP contribution in [0.4, 0.5) is 17.6 Å². The van der Waals surface area contributed by atoms with Gasteiger partial charge in [-0.05, 0) is 37.6 Å². The summed E-state index contributed by atoms with van der Waals surface area (Å²) in [5.41, 5.74) is 5.46. The van der Waals surface area contributed by atoms with Gasteiger partial charge in [0, 0.05) is 17.3 Å². The molecule has 1 aromatic heterocycles. The lowest BCUT2D eigenvalue weighted by atomic mass is 9.77. The zero-order valence-corrected chi connectivity index (χ0v) is 16.2. The number of amides is 1. The first kappa shape index (κ1) is 21.0. The largest absolute Gasteiger partial charge is 0.385 e. The second-order valence-corrected chi connectivity index (χ2v) is 7.69. The van der Waals surface area contributed by atoms with E-state index in [9.17, 15) is 22.4 Å². The molecule has 2 heterocycles. The summed E-state index contributed by atoms with van der Waals surface area (Å²) in [6.45, 7) is 1.87. The first-order chi connectivity index (χ1) is 13.3. The number of nitrogens with zero attached hydrogens (tertiary/aromatic N) is 2. The van der Waals surface area contributed by atoms with E-state index >= 15 is 0 Å². The Morgan fingerprint density at radius 2 is 1.86 bits per heavy atom. The first-order valence-electron chi connectivity index (χ1n) is 8.47. The number of carbonyl (C=O) groups excluding carboxylic acids is 1. The van der Waals surface area contributed by atoms with Crippen LogP contribution >= 0.6 is 11.6 Å². The molecule has 4 N–H and O–H groups in total. The minimum Gasteiger partial charge on any atom is -0.385 e. The van der Waals surface area contributed by atoms with Crippen LogP contribution in [-0.2, 0) is 5.54 Å². The van der Waals surface area contributed by atoms with E-state index in [1.807, 2.05) is 0 Å². The molecule has 2 unspecified atom stereocenters. The topological polar surface area (TPSA) is 94.4 Å². The number of amidine groups is 1. The van der Waals surface area contributed by atoms with Crippen molar-refractivity contribution in [1.29, 1.82) is 0 Å². The number of primary amides is 1. The van der Waals surface area contributed by atoms with E-state index in [4.69, 9.17) is 23.1 Å². The predicted octanol–water partition coefficient (Wildman–Crippen LogP) is 3.98. The van der Waals surface area contributed by atoms with Crippen LogP contribution < -0.4 is 11.5 Å². The van der Waals surface area contributed by atoms with E-state index in [1.165, 1.54) is 18.3 Å². The van der Waals surface area contributed by atoms with Crippen molar-refractivity contribution in [2.45, 2.75) is 37.4 Å². The maximum atomic E-state index is 14.9. The molecule has 5 nitrogen and oxygen atoms in total. The highest BCUT2D eigenvalue weighted by Gasteiger charge is 2.60. The maximum Gasteiger partial charge on any atom is 0.280 e. The number of benzene rings is 1. The van der Waals surface area contributed by atoms with Crippen molar-refractivity contribution in [2.24, 2.45) is 16.5 Å². The zero-order chi connectivity index (χ0) is 21.8. The molecule has 0 radical (unpaired) electrons. The van der Waals surface area contributed by atoms with E-state index in [2.05, 4.69) is 9.98 Å². The van der Waals surface area contributed by atoms with Crippen molar-refractivity contribution in [2.75, 3.05) is 0 Å². The lowest BCUT2D eigenvalue weighted by Crippen LogP contribution is -2.56. The molecule has 1 amide bonds. The minimum atomic E-state index is -3.75. The molecule has 0 saturated carbocycles. The van der Waals surface area contributed by atoms with Gasteiger partial charge in [0.1, 0.15) is 17.3 Å². The van der Waals surface area contributed by atoms with Gasteiger partial charge in [0.2, 0.25) is 0 Å². The summed E-state index contributed by atoms with van der Waals surface area (Å²) in [5.74, 6) is -6.28. The second kappa shape index (κ2) is 6.69. The van der Waals surface area contributed by atoms with E-state index in [-0.39, 0.29) is 21.8 Å². The van der Waals surface area contributed by atoms with Crippen LogP contribution in [-0.4, -0.2) is 28.3 Å². The van der Waals surface area contributed by atoms with Gasteiger partial charge < -0.3 is 11.5 Å². The lowest BCUT2D eigenvalue weighted by Gasteiger charge is -2.42. The Kier molecular flexibility index (Phi) is 4.85. The molecule has 0 spiro atoms. The van der Waals surface area contributed by atoms with Crippen molar-refractivity contribution in [3.8, 4) is 11.1 Å². The molecule has 2 atom stereocenters. The van der Waals surface area contributed by atoms with Crippen molar-refractivity contribution in [3.63, 3.8) is 0 Å². The van der Waals surface area contributed by atoms with Crippen molar-refractivity contribution >= 4 is 23.3 Å². The summed E-state index contributed by atoms with van der Waals surface area (Å²) < 4.78 is 58.8. The molecule has 29 heavy (non-hydrogen) atoms. The SMILES string of the molecule is CC1(F)CC(F)(F)C(C)(c2cc(-c3cc(Cl)cnc3C(N)=O)ccc2F)N=C1N. The van der Waals surface area contributed by atoms with Crippen molar-refractivity contribution in [3.05, 3.63) is 52.6 Å². The molecular formula is C19H17ClF4N4O. The Hall–Kier alpha value is -2.68. The minimum absolute atomic E-state index is 0.126. The number of pyridine rings is 1. The number of hydrogen-bond acceptors (Lipinski definition) is 4. The Balaban J connectivity index is 2.26. The molecule has 1 aromatic carbocycles. The molecular weight excluding hydrogens is 412 g/mol. The highest BCUT2D eigenvalue weighted by molar-refractivity contribution is 6.30. The highest BCUT2D eigenvalue weighted by Crippen LogP contribution is 2.50. The Morgan fingerprint density at radius 1 is 1.21 bits per heavy atom. The fourth-order valence-corrected chi connectivity index (χ4v) is 3.46. The number of rotatable bonds is 3. The Bertz CT molecular complexity index is 1040. The molecule has 0 aliphatic carbocycles. The van der Waals surface area contributed by atoms with Crippen LogP contribution in [0.25, 0.3) is 11.1 Å². The number of nitrogens with two attached hydrogens (primary N) is 2.